The summed E-state index contributed by atoms with van der Waals surface area (Å²) in [6.45, 7) is 0.501. The van der Waals surface area contributed by atoms with Crippen molar-refractivity contribution in [3.63, 3.8) is 0 Å². The maximum Gasteiger partial charge on any atom is 0.320 e. The van der Waals surface area contributed by atoms with Crippen LogP contribution in [0, 0.1) is 0 Å². The van der Waals surface area contributed by atoms with Gasteiger partial charge in [0.05, 0.1) is 0 Å². The molecule has 0 heterocycles. The number of rotatable bonds is 8. The largest absolute Gasteiger partial charge is 0.480 e. The molecule has 1 unspecified atom stereocenters. The molecule has 0 aromatic rings. The molecular weight excluding hydrogens is 256 g/mol. The van der Waals surface area contributed by atoms with E-state index >= 15 is 0 Å². The van der Waals surface area contributed by atoms with Crippen LogP contribution in [0.5, 0.6) is 0 Å². The van der Waals surface area contributed by atoms with Gasteiger partial charge in [-0.15, -0.1) is 0 Å². The number of carboxylic acid groups (broad SMARTS) is 2. The molecule has 0 aliphatic rings. The number of carboxylic acids is 2. The van der Waals surface area contributed by atoms with Crippen molar-refractivity contribution in [2.45, 2.75) is 37.8 Å². The summed E-state index contributed by atoms with van der Waals surface area (Å²) in [5, 5.41) is 16.5. The number of primary amides is 1. The Balaban J connectivity index is 0. The van der Waals surface area contributed by atoms with Crippen molar-refractivity contribution in [3.05, 3.63) is 0 Å². The van der Waals surface area contributed by atoms with Crippen molar-refractivity contribution in [3.8, 4) is 0 Å². The minimum Gasteiger partial charge on any atom is -0.480 e. The van der Waals surface area contributed by atoms with E-state index in [1.807, 2.05) is 0 Å². The average Bonchev–Trinajstić information content (AvgIpc) is 2.33. The van der Waals surface area contributed by atoms with E-state index in [1.54, 1.807) is 0 Å². The summed E-state index contributed by atoms with van der Waals surface area (Å²) in [4.78, 5) is 30.2. The Morgan fingerprint density at radius 2 is 1.37 bits per heavy atom. The van der Waals surface area contributed by atoms with Gasteiger partial charge in [-0.05, 0) is 25.8 Å². The number of carbonyl (C=O) groups excluding carboxylic acids is 1. The van der Waals surface area contributed by atoms with Gasteiger partial charge in [0.1, 0.15) is 12.1 Å². The molecule has 112 valence electrons. The summed E-state index contributed by atoms with van der Waals surface area (Å²) in [5.41, 5.74) is 20.1. The van der Waals surface area contributed by atoms with Crippen LogP contribution < -0.4 is 22.9 Å². The maximum atomic E-state index is 10.1. The number of nitrogens with two attached hydrogens (primary N) is 4. The van der Waals surface area contributed by atoms with Crippen LogP contribution in [-0.4, -0.2) is 46.7 Å². The van der Waals surface area contributed by atoms with Crippen molar-refractivity contribution in [2.75, 3.05) is 6.54 Å². The third-order valence-corrected chi connectivity index (χ3v) is 2.06. The second-order valence-corrected chi connectivity index (χ2v) is 3.83. The van der Waals surface area contributed by atoms with E-state index in [-0.39, 0.29) is 12.8 Å². The predicted octanol–water partition coefficient (Wildman–Crippen LogP) is -2.20. The zero-order valence-electron chi connectivity index (χ0n) is 10.6. The fourth-order valence-corrected chi connectivity index (χ4v) is 0.882. The molecule has 0 aromatic heterocycles. The Hall–Kier alpha value is -1.71. The molecule has 0 saturated heterocycles. The third kappa shape index (κ3) is 14.2. The fourth-order valence-electron chi connectivity index (χ4n) is 0.882. The van der Waals surface area contributed by atoms with Crippen molar-refractivity contribution < 1.29 is 24.6 Å². The van der Waals surface area contributed by atoms with E-state index in [1.165, 1.54) is 0 Å². The van der Waals surface area contributed by atoms with Gasteiger partial charge >= 0.3 is 11.9 Å². The minimum atomic E-state index is -1.11. The molecule has 2 atom stereocenters. The number of aliphatic carboxylic acids is 2. The highest BCUT2D eigenvalue weighted by Crippen LogP contribution is 1.92. The summed E-state index contributed by atoms with van der Waals surface area (Å²) in [6.07, 6.45) is 1.26. The van der Waals surface area contributed by atoms with Crippen LogP contribution in [0.1, 0.15) is 25.7 Å². The van der Waals surface area contributed by atoms with Crippen LogP contribution in [0.2, 0.25) is 0 Å². The summed E-state index contributed by atoms with van der Waals surface area (Å²) >= 11 is 0. The lowest BCUT2D eigenvalue weighted by molar-refractivity contribution is -0.139. The van der Waals surface area contributed by atoms with Crippen molar-refractivity contribution >= 4 is 17.8 Å². The van der Waals surface area contributed by atoms with Gasteiger partial charge in [0.15, 0.2) is 0 Å². The number of hydrogen-bond acceptors (Lipinski definition) is 6. The molecule has 0 saturated carbocycles. The SMILES string of the molecule is NC(=O)CC[C@H](N)C(=O)O.NCCCC(N)C(=O)O. The highest BCUT2D eigenvalue weighted by atomic mass is 16.4. The molecule has 0 spiro atoms. The average molecular weight is 278 g/mol. The Labute approximate surface area is 110 Å². The first-order valence-electron chi connectivity index (χ1n) is 5.67. The van der Waals surface area contributed by atoms with Crippen LogP contribution in [0.15, 0.2) is 0 Å². The molecule has 0 radical (unpaired) electrons. The molecule has 0 aliphatic heterocycles. The first kappa shape index (κ1) is 19.6. The molecular formula is C10H22N4O5. The first-order chi connectivity index (χ1) is 8.72. The maximum absolute atomic E-state index is 10.1. The molecule has 19 heavy (non-hydrogen) atoms. The lowest BCUT2D eigenvalue weighted by atomic mass is 10.2. The van der Waals surface area contributed by atoms with Gasteiger partial charge in [0, 0.05) is 6.42 Å². The van der Waals surface area contributed by atoms with Crippen LogP contribution in [0.4, 0.5) is 0 Å². The van der Waals surface area contributed by atoms with Gasteiger partial charge < -0.3 is 33.1 Å². The number of carbonyl (C=O) groups is 3. The zero-order valence-corrected chi connectivity index (χ0v) is 10.6. The van der Waals surface area contributed by atoms with E-state index in [9.17, 15) is 14.4 Å². The second kappa shape index (κ2) is 11.4. The third-order valence-electron chi connectivity index (χ3n) is 2.06. The molecule has 9 nitrogen and oxygen atoms in total. The van der Waals surface area contributed by atoms with Gasteiger partial charge in [-0.1, -0.05) is 0 Å². The van der Waals surface area contributed by atoms with Gasteiger partial charge in [-0.2, -0.15) is 0 Å². The Kier molecular flexibility index (Phi) is 11.8. The molecule has 1 amide bonds. The molecule has 10 N–H and O–H groups in total. The smallest absolute Gasteiger partial charge is 0.320 e. The van der Waals surface area contributed by atoms with Crippen molar-refractivity contribution in [1.29, 1.82) is 0 Å². The Morgan fingerprint density at radius 1 is 0.947 bits per heavy atom. The van der Waals surface area contributed by atoms with E-state index in [0.29, 0.717) is 19.4 Å². The molecule has 9 heteroatoms. The quantitative estimate of drug-likeness (QED) is 0.287. The van der Waals surface area contributed by atoms with Crippen LogP contribution in [0.25, 0.3) is 0 Å². The summed E-state index contributed by atoms with van der Waals surface area (Å²) in [7, 11) is 0. The van der Waals surface area contributed by atoms with Crippen LogP contribution >= 0.6 is 0 Å². The van der Waals surface area contributed by atoms with E-state index < -0.39 is 29.9 Å². The summed E-state index contributed by atoms with van der Waals surface area (Å²) in [6, 6.07) is -1.72. The monoisotopic (exact) mass is 278 g/mol. The van der Waals surface area contributed by atoms with E-state index in [2.05, 4.69) is 0 Å². The highest BCUT2D eigenvalue weighted by molar-refractivity contribution is 5.77. The second-order valence-electron chi connectivity index (χ2n) is 3.83. The first-order valence-corrected chi connectivity index (χ1v) is 5.67. The number of hydrogen-bond donors (Lipinski definition) is 6. The Morgan fingerprint density at radius 3 is 1.68 bits per heavy atom. The highest BCUT2D eigenvalue weighted by Gasteiger charge is 2.11. The minimum absolute atomic E-state index is 0.0213. The van der Waals surface area contributed by atoms with Gasteiger partial charge in [0.25, 0.3) is 0 Å². The molecule has 0 bridgehead atoms. The van der Waals surface area contributed by atoms with Crippen LogP contribution in [0.3, 0.4) is 0 Å². The molecule has 0 rings (SSSR count). The lowest BCUT2D eigenvalue weighted by Crippen LogP contribution is -2.31. The summed E-state index contributed by atoms with van der Waals surface area (Å²) < 4.78 is 0. The van der Waals surface area contributed by atoms with E-state index in [0.717, 1.165) is 0 Å². The van der Waals surface area contributed by atoms with Gasteiger partial charge in [-0.25, -0.2) is 0 Å². The van der Waals surface area contributed by atoms with Crippen molar-refractivity contribution in [1.82, 2.24) is 0 Å². The summed E-state index contributed by atoms with van der Waals surface area (Å²) in [5.74, 6) is -2.60. The Bertz CT molecular complexity index is 298. The zero-order chi connectivity index (χ0) is 15.4. The fraction of sp³-hybridized carbons (Fsp3) is 0.700. The molecule has 0 aromatic carbocycles. The predicted molar refractivity (Wildman–Crippen MR) is 67.9 cm³/mol. The molecule has 0 fully saturated rings. The normalized spacial score (nSPS) is 12.8. The topological polar surface area (TPSA) is 196 Å². The van der Waals surface area contributed by atoms with E-state index in [4.69, 9.17) is 33.1 Å². The van der Waals surface area contributed by atoms with Gasteiger partial charge in [0.2, 0.25) is 5.91 Å². The number of amides is 1. The standard InChI is InChI=1S/C5H10N2O3.C5H12N2O2/c6-3(5(9)10)1-2-4(7)8;6-3-1-2-4(7)5(8)9/h3H,1-2,6H2,(H2,7,8)(H,9,10);4H,1-3,6-7H2,(H,8,9)/t3-;/m0./s1. The lowest BCUT2D eigenvalue weighted by Gasteiger charge is -2.02. The van der Waals surface area contributed by atoms with Crippen LogP contribution in [-0.2, 0) is 14.4 Å². The molecule has 0 aliphatic carbocycles. The van der Waals surface area contributed by atoms with Crippen molar-refractivity contribution in [2.24, 2.45) is 22.9 Å². The van der Waals surface area contributed by atoms with Gasteiger partial charge in [-0.3, -0.25) is 14.4 Å².